The number of unbranched alkanes of at least 4 members (excludes halogenated alkanes) is 1. The fourth-order valence-corrected chi connectivity index (χ4v) is 1.45. The van der Waals surface area contributed by atoms with E-state index in [0.717, 1.165) is 19.3 Å². The molecule has 0 spiro atoms. The molecule has 0 aromatic rings. The first-order valence-corrected chi connectivity index (χ1v) is 9.77. The van der Waals surface area contributed by atoms with E-state index in [1.807, 2.05) is 34.6 Å². The zero-order valence-corrected chi connectivity index (χ0v) is 19.0. The van der Waals surface area contributed by atoms with E-state index in [-0.39, 0.29) is 10.8 Å². The highest BCUT2D eigenvalue weighted by atomic mass is 17.3. The molecular formula is C21H44O4. The monoisotopic (exact) mass is 360 g/mol. The van der Waals surface area contributed by atoms with Gasteiger partial charge in [0.05, 0.1) is 0 Å². The van der Waals surface area contributed by atoms with Gasteiger partial charge in [-0.05, 0) is 44.9 Å². The topological polar surface area (TPSA) is 36.9 Å². The number of hydrogen-bond acceptors (Lipinski definition) is 4. The second kappa shape index (κ2) is 8.69. The normalized spacial score (nSPS) is 14.9. The summed E-state index contributed by atoms with van der Waals surface area (Å²) in [5.41, 5.74) is -1.05. The van der Waals surface area contributed by atoms with E-state index >= 15 is 0 Å². The van der Waals surface area contributed by atoms with Crippen LogP contribution in [0.25, 0.3) is 0 Å². The Morgan fingerprint density at radius 2 is 0.920 bits per heavy atom. The lowest BCUT2D eigenvalue weighted by Crippen LogP contribution is -2.47. The molecule has 0 radical (unpaired) electrons. The van der Waals surface area contributed by atoms with E-state index in [1.165, 1.54) is 0 Å². The predicted octanol–water partition coefficient (Wildman–Crippen LogP) is 6.83. The van der Waals surface area contributed by atoms with E-state index in [0.29, 0.717) is 6.42 Å². The SMILES string of the molecule is CCCCC(CC)(OOC(C)(C)C(C)(C)C)OOC(C)(C)C(C)(C)C. The lowest BCUT2D eigenvalue weighted by atomic mass is 9.79. The molecule has 0 bridgehead atoms. The van der Waals surface area contributed by atoms with Crippen LogP contribution < -0.4 is 0 Å². The maximum Gasteiger partial charge on any atom is 0.233 e. The molecule has 0 unspecified atom stereocenters. The Kier molecular flexibility index (Phi) is 8.63. The highest BCUT2D eigenvalue weighted by Crippen LogP contribution is 2.39. The van der Waals surface area contributed by atoms with Crippen LogP contribution in [0.1, 0.15) is 109 Å². The summed E-state index contributed by atoms with van der Waals surface area (Å²) >= 11 is 0. The third kappa shape index (κ3) is 7.16. The molecule has 0 rings (SSSR count). The molecule has 0 aromatic carbocycles. The molecule has 0 fully saturated rings. The van der Waals surface area contributed by atoms with Gasteiger partial charge < -0.3 is 0 Å². The average molecular weight is 361 g/mol. The molecule has 0 amide bonds. The van der Waals surface area contributed by atoms with Gasteiger partial charge in [0.1, 0.15) is 11.2 Å². The molecule has 0 atom stereocenters. The van der Waals surface area contributed by atoms with Gasteiger partial charge in [-0.1, -0.05) is 61.8 Å². The zero-order valence-electron chi connectivity index (χ0n) is 19.0. The van der Waals surface area contributed by atoms with Crippen molar-refractivity contribution in [2.45, 2.75) is 126 Å². The fraction of sp³-hybridized carbons (Fsp3) is 1.00. The van der Waals surface area contributed by atoms with Crippen molar-refractivity contribution in [3.8, 4) is 0 Å². The van der Waals surface area contributed by atoms with Crippen LogP contribution in [0.15, 0.2) is 0 Å². The van der Waals surface area contributed by atoms with Crippen LogP contribution in [0.3, 0.4) is 0 Å². The summed E-state index contributed by atoms with van der Waals surface area (Å²) in [6.07, 6.45) is 3.40. The number of rotatable bonds is 10. The Hall–Kier alpha value is -0.160. The predicted molar refractivity (Wildman–Crippen MR) is 104 cm³/mol. The third-order valence-corrected chi connectivity index (χ3v) is 5.87. The van der Waals surface area contributed by atoms with Crippen LogP contribution in [0.4, 0.5) is 0 Å². The molecule has 4 nitrogen and oxygen atoms in total. The Labute approximate surface area is 156 Å². The molecule has 0 N–H and O–H groups in total. The first-order valence-electron chi connectivity index (χ1n) is 9.77. The maximum absolute atomic E-state index is 5.93. The third-order valence-electron chi connectivity index (χ3n) is 5.87. The Morgan fingerprint density at radius 3 is 1.16 bits per heavy atom. The van der Waals surface area contributed by atoms with Gasteiger partial charge in [-0.3, -0.25) is 0 Å². The van der Waals surface area contributed by atoms with E-state index in [1.54, 1.807) is 0 Å². The molecule has 0 aliphatic rings. The van der Waals surface area contributed by atoms with Crippen LogP contribution in [0.2, 0.25) is 0 Å². The minimum absolute atomic E-state index is 0.0667. The fourth-order valence-electron chi connectivity index (χ4n) is 1.45. The van der Waals surface area contributed by atoms with Crippen LogP contribution in [-0.4, -0.2) is 17.0 Å². The Balaban J connectivity index is 5.25. The summed E-state index contributed by atoms with van der Waals surface area (Å²) in [6, 6.07) is 0. The van der Waals surface area contributed by atoms with Crippen molar-refractivity contribution in [3.63, 3.8) is 0 Å². The van der Waals surface area contributed by atoms with Crippen LogP contribution >= 0.6 is 0 Å². The summed E-state index contributed by atoms with van der Waals surface area (Å²) < 4.78 is 0. The molecule has 0 aromatic heterocycles. The van der Waals surface area contributed by atoms with E-state index in [2.05, 4.69) is 48.5 Å². The van der Waals surface area contributed by atoms with Crippen molar-refractivity contribution in [2.75, 3.05) is 0 Å². The second-order valence-corrected chi connectivity index (χ2v) is 10.2. The summed E-state index contributed by atoms with van der Waals surface area (Å²) in [5, 5.41) is 0. The van der Waals surface area contributed by atoms with Crippen molar-refractivity contribution in [1.82, 2.24) is 0 Å². The van der Waals surface area contributed by atoms with E-state index < -0.39 is 17.0 Å². The molecule has 0 saturated heterocycles. The lowest BCUT2D eigenvalue weighted by molar-refractivity contribution is -0.553. The van der Waals surface area contributed by atoms with Crippen LogP contribution in [0, 0.1) is 10.8 Å². The molecule has 0 aliphatic carbocycles. The minimum Gasteiger partial charge on any atom is -0.227 e. The summed E-state index contributed by atoms with van der Waals surface area (Å²) in [6.45, 7) is 25.1. The standard InChI is InChI=1S/C21H44O4/c1-13-15-16-21(14-2,24-22-19(9,10)17(3,4)5)25-23-20(11,12)18(6,7)8/h13-16H2,1-12H3. The van der Waals surface area contributed by atoms with Gasteiger partial charge in [0.2, 0.25) is 5.79 Å². The largest absolute Gasteiger partial charge is 0.233 e. The average Bonchev–Trinajstić information content (AvgIpc) is 2.45. The van der Waals surface area contributed by atoms with Crippen molar-refractivity contribution in [3.05, 3.63) is 0 Å². The molecule has 0 aliphatic heterocycles. The number of hydrogen-bond donors (Lipinski definition) is 0. The first kappa shape index (κ1) is 24.8. The van der Waals surface area contributed by atoms with Gasteiger partial charge in [0.25, 0.3) is 0 Å². The van der Waals surface area contributed by atoms with Gasteiger partial charge >= 0.3 is 0 Å². The van der Waals surface area contributed by atoms with Crippen LogP contribution in [-0.2, 0) is 19.6 Å². The smallest absolute Gasteiger partial charge is 0.227 e. The first-order chi connectivity index (χ1) is 11.0. The van der Waals surface area contributed by atoms with Gasteiger partial charge in [-0.2, -0.15) is 9.78 Å². The van der Waals surface area contributed by atoms with E-state index in [4.69, 9.17) is 19.6 Å². The molecule has 4 heteroatoms. The van der Waals surface area contributed by atoms with Crippen molar-refractivity contribution in [2.24, 2.45) is 10.8 Å². The molecule has 25 heavy (non-hydrogen) atoms. The van der Waals surface area contributed by atoms with Crippen molar-refractivity contribution >= 4 is 0 Å². The molecule has 0 saturated carbocycles. The molecule has 0 heterocycles. The second-order valence-electron chi connectivity index (χ2n) is 10.2. The molecular weight excluding hydrogens is 316 g/mol. The maximum atomic E-state index is 5.93. The quantitative estimate of drug-likeness (QED) is 0.243. The minimum atomic E-state index is -0.902. The highest BCUT2D eigenvalue weighted by Gasteiger charge is 2.43. The zero-order chi connectivity index (χ0) is 20.2. The summed E-state index contributed by atoms with van der Waals surface area (Å²) in [7, 11) is 0. The highest BCUT2D eigenvalue weighted by molar-refractivity contribution is 4.84. The van der Waals surface area contributed by atoms with Gasteiger partial charge in [0.15, 0.2) is 0 Å². The van der Waals surface area contributed by atoms with E-state index in [9.17, 15) is 0 Å². The van der Waals surface area contributed by atoms with Crippen molar-refractivity contribution < 1.29 is 19.6 Å². The molecule has 152 valence electrons. The Bertz CT molecular complexity index is 356. The Morgan fingerprint density at radius 1 is 0.560 bits per heavy atom. The lowest BCUT2D eigenvalue weighted by Gasteiger charge is -2.43. The van der Waals surface area contributed by atoms with Gasteiger partial charge in [-0.25, -0.2) is 9.78 Å². The van der Waals surface area contributed by atoms with Gasteiger partial charge in [-0.15, -0.1) is 0 Å². The summed E-state index contributed by atoms with van der Waals surface area (Å²) in [4.78, 5) is 23.7. The van der Waals surface area contributed by atoms with Crippen LogP contribution in [0.5, 0.6) is 0 Å². The van der Waals surface area contributed by atoms with Crippen molar-refractivity contribution in [1.29, 1.82) is 0 Å². The summed E-state index contributed by atoms with van der Waals surface area (Å²) in [5.74, 6) is -0.902. The van der Waals surface area contributed by atoms with Gasteiger partial charge in [0, 0.05) is 12.8 Å².